The Morgan fingerprint density at radius 3 is 1.61 bits per heavy atom. The third-order valence-corrected chi connectivity index (χ3v) is 13.0. The van der Waals surface area contributed by atoms with Crippen molar-refractivity contribution in [3.63, 3.8) is 0 Å². The quantitative estimate of drug-likeness (QED) is 0.0178. The lowest BCUT2D eigenvalue weighted by Gasteiger charge is -2.32. The second kappa shape index (κ2) is 38.2. The van der Waals surface area contributed by atoms with Gasteiger partial charge in [-0.15, -0.1) is 0 Å². The first-order valence-electron chi connectivity index (χ1n) is 26.3. The lowest BCUT2D eigenvalue weighted by Crippen LogP contribution is -2.49. The topological polar surface area (TPSA) is 360 Å². The number of hydrogen-bond donors (Lipinski definition) is 9. The third-order valence-electron chi connectivity index (χ3n) is 12.8. The van der Waals surface area contributed by atoms with Gasteiger partial charge in [-0.3, -0.25) is 67.5 Å². The zero-order valence-electron chi connectivity index (χ0n) is 44.7. The number of ether oxygens (including phenoxy) is 2. The number of carboxylic acids is 4. The molecule has 4 atom stereocenters. The number of hydrogen-bond acceptors (Lipinski definition) is 18. The van der Waals surface area contributed by atoms with Crippen LogP contribution in [0, 0.1) is 5.92 Å². The summed E-state index contributed by atoms with van der Waals surface area (Å²) < 4.78 is 9.75. The first kappa shape index (κ1) is 66.8. The van der Waals surface area contributed by atoms with Crippen LogP contribution < -0.4 is 26.6 Å². The summed E-state index contributed by atoms with van der Waals surface area (Å²) in [5.74, 6) is -7.40. The van der Waals surface area contributed by atoms with Crippen molar-refractivity contribution in [2.24, 2.45) is 5.92 Å². The Balaban J connectivity index is 1.59. The molecule has 1 fully saturated rings. The Kier molecular flexibility index (Phi) is 31.9. The number of carbonyl (C=O) groups is 11. The monoisotopic (exact) mass is 1140 g/mol. The summed E-state index contributed by atoms with van der Waals surface area (Å²) in [5, 5.41) is 50.8. The Bertz CT molecular complexity index is 2340. The van der Waals surface area contributed by atoms with Gasteiger partial charge in [0.1, 0.15) is 18.6 Å². The number of carboxylic acid groups (broad SMARTS) is 4. The van der Waals surface area contributed by atoms with Gasteiger partial charge in [0.2, 0.25) is 17.7 Å². The van der Waals surface area contributed by atoms with Crippen molar-refractivity contribution >= 4 is 83.4 Å². The van der Waals surface area contributed by atoms with Gasteiger partial charge >= 0.3 is 23.9 Å². The van der Waals surface area contributed by atoms with Gasteiger partial charge in [0.25, 0.3) is 12.9 Å². The van der Waals surface area contributed by atoms with Crippen LogP contribution in [-0.4, -0.2) is 221 Å². The Morgan fingerprint density at radius 2 is 1.09 bits per heavy atom. The van der Waals surface area contributed by atoms with Gasteiger partial charge in [-0.25, -0.2) is 4.79 Å². The van der Waals surface area contributed by atoms with Crippen molar-refractivity contribution in [1.82, 2.24) is 46.2 Å². The molecule has 2 aromatic rings. The van der Waals surface area contributed by atoms with Gasteiger partial charge in [0.05, 0.1) is 32.1 Å². The molecule has 0 radical (unpaired) electrons. The maximum absolute atomic E-state index is 14.2. The van der Waals surface area contributed by atoms with E-state index in [1.807, 2.05) is 46.2 Å². The summed E-state index contributed by atoms with van der Waals surface area (Å²) in [5.41, 5.74) is 1.56. The van der Waals surface area contributed by atoms with Crippen LogP contribution in [0.3, 0.4) is 0 Å². The molecule has 440 valence electrons. The molecule has 0 unspecified atom stereocenters. The van der Waals surface area contributed by atoms with Gasteiger partial charge in [-0.1, -0.05) is 60.7 Å². The van der Waals surface area contributed by atoms with E-state index in [4.69, 9.17) is 26.8 Å². The van der Waals surface area contributed by atoms with Crippen LogP contribution in [0.1, 0.15) is 68.9 Å². The van der Waals surface area contributed by atoms with E-state index in [-0.39, 0.29) is 165 Å². The number of rotatable bonds is 37. The molecule has 1 aliphatic heterocycles. The Hall–Kier alpha value is -7.46. The number of nitrogens with zero attached hydrogens (tertiary/aromatic N) is 4. The van der Waals surface area contributed by atoms with Crippen LogP contribution in [0.25, 0.3) is 0 Å². The molecule has 0 spiro atoms. The van der Waals surface area contributed by atoms with E-state index in [1.165, 1.54) is 0 Å². The number of benzene rings is 2. The molecule has 0 aromatic heterocycles. The van der Waals surface area contributed by atoms with Gasteiger partial charge in [0, 0.05) is 103 Å². The van der Waals surface area contributed by atoms with Crippen molar-refractivity contribution in [2.75, 3.05) is 91.8 Å². The predicted molar refractivity (Wildman–Crippen MR) is 290 cm³/mol. The van der Waals surface area contributed by atoms with E-state index in [0.29, 0.717) is 32.7 Å². The highest BCUT2D eigenvalue weighted by molar-refractivity contribution is 7.80. The van der Waals surface area contributed by atoms with E-state index in [2.05, 4.69) is 26.6 Å². The minimum Gasteiger partial charge on any atom is -0.481 e. The van der Waals surface area contributed by atoms with Gasteiger partial charge in [0.15, 0.2) is 17.1 Å². The average Bonchev–Trinajstić information content (AvgIpc) is 3.42. The van der Waals surface area contributed by atoms with Gasteiger partial charge < -0.3 is 56.5 Å². The predicted octanol–water partition coefficient (Wildman–Crippen LogP) is -0.523. The van der Waals surface area contributed by atoms with Gasteiger partial charge in [-0.05, 0) is 55.4 Å². The number of carbonyl (C=O) groups excluding carboxylic acids is 7. The maximum atomic E-state index is 14.2. The number of nitrogens with one attached hydrogen (secondary N) is 5. The summed E-state index contributed by atoms with van der Waals surface area (Å²) >= 11 is 5.09. The number of aliphatic carboxylic acids is 4. The minimum atomic E-state index is -1.34. The summed E-state index contributed by atoms with van der Waals surface area (Å²) in [7, 11) is 0. The Morgan fingerprint density at radius 1 is 0.562 bits per heavy atom. The standard InChI is InChI=1S/C53H75N9O17S/c63-36-78-35-62-27-25-59(21-22-60(33-49(71)72)23-24-61(26-28-62)34-50(73)74)32-46(68)55-20-8-14-44(66)43(30-39-11-5-2-6-12-39)56-51(75)40(29-38-9-3-1-4-10-38)31-41(65)13-7-19-54-45(67)16-15-42(52(76)77)57-53(80)58-47(79-37-64)17-18-48(69)70/h1-6,9-12,36-37,40,42-43,47H,7-8,13-35H2,(H,54,67)(H,55,68)(H,56,75)(H,69,70)(H,71,72)(H,73,74)(H,76,77)(H2,57,58,80)/t40-,42+,43+,47-/m1/s1. The van der Waals surface area contributed by atoms with Crippen molar-refractivity contribution in [1.29, 1.82) is 0 Å². The van der Waals surface area contributed by atoms with Crippen molar-refractivity contribution in [3.8, 4) is 0 Å². The van der Waals surface area contributed by atoms with Crippen molar-refractivity contribution < 1.29 is 82.6 Å². The molecule has 26 nitrogen and oxygen atoms in total. The molecule has 27 heteroatoms. The van der Waals surface area contributed by atoms with E-state index in [9.17, 15) is 68.1 Å². The van der Waals surface area contributed by atoms with E-state index >= 15 is 0 Å². The third kappa shape index (κ3) is 29.5. The van der Waals surface area contributed by atoms with E-state index < -0.39 is 59.9 Å². The SMILES string of the molecule is O=COCN1CCN(CC(=O)O)CCN(CC(=O)O)CCN(CC(=O)NCCCC(=O)[C@H](Cc2ccccc2)NC(=O)[C@@H](CC(=O)CCCNC(=O)CC[C@H](NC(=S)N[C@@H](CCC(=O)O)OC=O)C(=O)O)Cc2ccccc2)CC1. The van der Waals surface area contributed by atoms with Crippen LogP contribution in [-0.2, 0) is 75.1 Å². The fourth-order valence-electron chi connectivity index (χ4n) is 8.52. The molecule has 0 aliphatic carbocycles. The van der Waals surface area contributed by atoms with Gasteiger partial charge in [-0.2, -0.15) is 0 Å². The lowest BCUT2D eigenvalue weighted by molar-refractivity contribution is -0.141. The zero-order valence-corrected chi connectivity index (χ0v) is 45.5. The van der Waals surface area contributed by atoms with Crippen molar-refractivity contribution in [3.05, 3.63) is 71.8 Å². The molecular formula is C53H75N9O17S. The second-order valence-corrected chi connectivity index (χ2v) is 19.5. The fourth-order valence-corrected chi connectivity index (χ4v) is 8.79. The molecule has 2 aromatic carbocycles. The molecule has 1 heterocycles. The zero-order chi connectivity index (χ0) is 58.7. The highest BCUT2D eigenvalue weighted by Crippen LogP contribution is 2.17. The fraction of sp³-hybridized carbons (Fsp3) is 0.547. The summed E-state index contributed by atoms with van der Waals surface area (Å²) in [6, 6.07) is 15.8. The molecule has 1 aliphatic rings. The number of thiocarbonyl (C=S) groups is 1. The van der Waals surface area contributed by atoms with Crippen LogP contribution in [0.15, 0.2) is 60.7 Å². The van der Waals surface area contributed by atoms with Crippen LogP contribution in [0.5, 0.6) is 0 Å². The second-order valence-electron chi connectivity index (χ2n) is 19.1. The Labute approximate surface area is 469 Å². The van der Waals surface area contributed by atoms with Crippen molar-refractivity contribution in [2.45, 2.75) is 88.9 Å². The molecule has 1 saturated heterocycles. The molecule has 80 heavy (non-hydrogen) atoms. The maximum Gasteiger partial charge on any atom is 0.326 e. The molecule has 0 bridgehead atoms. The summed E-state index contributed by atoms with van der Waals surface area (Å²) in [6.07, 6.45) is -1.54. The number of Topliss-reactive ketones (excluding diaryl/α,β-unsaturated/α-hetero) is 2. The summed E-state index contributed by atoms with van der Waals surface area (Å²) in [4.78, 5) is 143. The average molecular weight is 1140 g/mol. The molecular weight excluding hydrogens is 1070 g/mol. The highest BCUT2D eigenvalue weighted by Gasteiger charge is 2.29. The number of ketones is 2. The minimum absolute atomic E-state index is 0.00707. The van der Waals surface area contributed by atoms with Crippen LogP contribution in [0.2, 0.25) is 0 Å². The van der Waals surface area contributed by atoms with Crippen LogP contribution in [0.4, 0.5) is 0 Å². The molecule has 3 rings (SSSR count). The smallest absolute Gasteiger partial charge is 0.326 e. The van der Waals surface area contributed by atoms with E-state index in [1.54, 1.807) is 34.1 Å². The molecule has 9 N–H and O–H groups in total. The summed E-state index contributed by atoms with van der Waals surface area (Å²) in [6.45, 7) is 2.27. The molecule has 0 saturated carbocycles. The molecule has 3 amide bonds. The largest absolute Gasteiger partial charge is 0.481 e. The number of amides is 3. The van der Waals surface area contributed by atoms with E-state index in [0.717, 1.165) is 11.1 Å². The normalized spacial score (nSPS) is 15.3. The first-order chi connectivity index (χ1) is 38.3. The first-order valence-corrected chi connectivity index (χ1v) is 26.7. The lowest BCUT2D eigenvalue weighted by atomic mass is 9.91. The van der Waals surface area contributed by atoms with Crippen LogP contribution >= 0.6 is 12.2 Å². The highest BCUT2D eigenvalue weighted by atomic mass is 32.1.